The summed E-state index contributed by atoms with van der Waals surface area (Å²) in [7, 11) is 0. The molecule has 8 heteroatoms. The van der Waals surface area contributed by atoms with Gasteiger partial charge in [-0.15, -0.1) is 0 Å². The third kappa shape index (κ3) is 8.54. The molecule has 39 heavy (non-hydrogen) atoms. The van der Waals surface area contributed by atoms with E-state index in [-0.39, 0.29) is 18.4 Å². The maximum absolute atomic E-state index is 13.6. The fourth-order valence-electron chi connectivity index (χ4n) is 4.82. The second kappa shape index (κ2) is 14.5. The molecule has 3 aromatic rings. The van der Waals surface area contributed by atoms with Crippen LogP contribution in [0.3, 0.4) is 0 Å². The standard InChI is InChI=1S/C31H35Cl2N3O3/c1-23(37)36(27-10-6-3-7-11-27)20-25-14-16-35(17-15-25)31(38)30(34-19-24-8-4-2-5-9-24)22-39-21-26-12-13-28(32)29(33)18-26/h2-13,18,25,30,34H,14-17,19-22H2,1H3/t30-/m0/s1. The van der Waals surface area contributed by atoms with Crippen molar-refractivity contribution in [2.75, 3.05) is 31.1 Å². The number of rotatable bonds is 11. The molecule has 0 aliphatic carbocycles. The summed E-state index contributed by atoms with van der Waals surface area (Å²) in [5.41, 5.74) is 2.91. The fraction of sp³-hybridized carbons (Fsp3) is 0.355. The van der Waals surface area contributed by atoms with Crippen LogP contribution in [0.25, 0.3) is 0 Å². The molecule has 1 atom stereocenters. The lowest BCUT2D eigenvalue weighted by Crippen LogP contribution is -2.51. The number of anilines is 1. The zero-order valence-electron chi connectivity index (χ0n) is 22.2. The first-order chi connectivity index (χ1) is 18.9. The van der Waals surface area contributed by atoms with Crippen LogP contribution in [-0.2, 0) is 27.5 Å². The van der Waals surface area contributed by atoms with Crippen LogP contribution in [0.2, 0.25) is 10.0 Å². The first-order valence-electron chi connectivity index (χ1n) is 13.3. The summed E-state index contributed by atoms with van der Waals surface area (Å²) < 4.78 is 5.97. The summed E-state index contributed by atoms with van der Waals surface area (Å²) in [5, 5.41) is 4.38. The number of para-hydroxylation sites is 1. The second-order valence-electron chi connectivity index (χ2n) is 9.92. The molecule has 1 N–H and O–H groups in total. The zero-order chi connectivity index (χ0) is 27.6. The molecule has 1 aliphatic rings. The molecule has 1 fully saturated rings. The van der Waals surface area contributed by atoms with Crippen LogP contribution in [0.1, 0.15) is 30.9 Å². The number of benzene rings is 3. The van der Waals surface area contributed by atoms with Gasteiger partial charge in [-0.2, -0.15) is 0 Å². The van der Waals surface area contributed by atoms with E-state index < -0.39 is 6.04 Å². The number of halogens is 2. The highest BCUT2D eigenvalue weighted by Gasteiger charge is 2.29. The minimum Gasteiger partial charge on any atom is -0.375 e. The molecule has 206 valence electrons. The molecule has 1 heterocycles. The monoisotopic (exact) mass is 567 g/mol. The van der Waals surface area contributed by atoms with Gasteiger partial charge in [0.1, 0.15) is 6.04 Å². The van der Waals surface area contributed by atoms with Gasteiger partial charge in [0.2, 0.25) is 11.8 Å². The molecule has 4 rings (SSSR count). The van der Waals surface area contributed by atoms with Gasteiger partial charge in [0, 0.05) is 38.8 Å². The Morgan fingerprint density at radius 2 is 1.62 bits per heavy atom. The van der Waals surface area contributed by atoms with Gasteiger partial charge in [0.05, 0.1) is 23.3 Å². The lowest BCUT2D eigenvalue weighted by Gasteiger charge is -2.36. The van der Waals surface area contributed by atoms with Crippen molar-refractivity contribution in [2.45, 2.75) is 39.0 Å². The molecule has 0 saturated carbocycles. The smallest absolute Gasteiger partial charge is 0.242 e. The van der Waals surface area contributed by atoms with Gasteiger partial charge in [0.15, 0.2) is 0 Å². The summed E-state index contributed by atoms with van der Waals surface area (Å²) in [6, 6.07) is 24.7. The molecular formula is C31H35Cl2N3O3. The van der Waals surface area contributed by atoms with E-state index in [4.69, 9.17) is 27.9 Å². The van der Waals surface area contributed by atoms with Crippen molar-refractivity contribution in [2.24, 2.45) is 5.92 Å². The quantitative estimate of drug-likeness (QED) is 0.310. The van der Waals surface area contributed by atoms with Gasteiger partial charge in [-0.3, -0.25) is 14.9 Å². The Bertz CT molecular complexity index is 1220. The Balaban J connectivity index is 1.34. The SMILES string of the molecule is CC(=O)N(CC1CCN(C(=O)[C@H](COCc2ccc(Cl)c(Cl)c2)NCc2ccccc2)CC1)c1ccccc1. The predicted octanol–water partition coefficient (Wildman–Crippen LogP) is 5.96. The van der Waals surface area contributed by atoms with E-state index in [0.29, 0.717) is 48.7 Å². The van der Waals surface area contributed by atoms with Crippen LogP contribution >= 0.6 is 23.2 Å². The highest BCUT2D eigenvalue weighted by atomic mass is 35.5. The molecule has 0 bridgehead atoms. The van der Waals surface area contributed by atoms with Crippen molar-refractivity contribution in [3.8, 4) is 0 Å². The van der Waals surface area contributed by atoms with E-state index >= 15 is 0 Å². The Morgan fingerprint density at radius 3 is 2.26 bits per heavy atom. The van der Waals surface area contributed by atoms with E-state index in [0.717, 1.165) is 29.7 Å². The number of ether oxygens (including phenoxy) is 1. The number of likely N-dealkylation sites (tertiary alicyclic amines) is 1. The summed E-state index contributed by atoms with van der Waals surface area (Å²) in [4.78, 5) is 29.7. The van der Waals surface area contributed by atoms with Crippen LogP contribution < -0.4 is 10.2 Å². The predicted molar refractivity (Wildman–Crippen MR) is 157 cm³/mol. The highest BCUT2D eigenvalue weighted by molar-refractivity contribution is 6.42. The van der Waals surface area contributed by atoms with Crippen molar-refractivity contribution in [1.82, 2.24) is 10.2 Å². The van der Waals surface area contributed by atoms with E-state index in [9.17, 15) is 9.59 Å². The van der Waals surface area contributed by atoms with E-state index in [1.807, 2.05) is 76.5 Å². The highest BCUT2D eigenvalue weighted by Crippen LogP contribution is 2.24. The zero-order valence-corrected chi connectivity index (χ0v) is 23.7. The minimum atomic E-state index is -0.484. The van der Waals surface area contributed by atoms with Gasteiger partial charge >= 0.3 is 0 Å². The van der Waals surface area contributed by atoms with Crippen molar-refractivity contribution in [3.05, 3.63) is 100 Å². The van der Waals surface area contributed by atoms with E-state index in [1.165, 1.54) is 0 Å². The number of nitrogens with zero attached hydrogens (tertiary/aromatic N) is 2. The first kappa shape index (κ1) is 29.1. The van der Waals surface area contributed by atoms with Gasteiger partial charge in [-0.1, -0.05) is 77.8 Å². The maximum Gasteiger partial charge on any atom is 0.242 e. The molecule has 3 aromatic carbocycles. The molecule has 1 aliphatic heterocycles. The lowest BCUT2D eigenvalue weighted by molar-refractivity contribution is -0.136. The molecular weight excluding hydrogens is 533 g/mol. The molecule has 0 radical (unpaired) electrons. The number of hydrogen-bond acceptors (Lipinski definition) is 4. The van der Waals surface area contributed by atoms with Crippen LogP contribution in [0.15, 0.2) is 78.9 Å². The Kier molecular flexibility index (Phi) is 10.8. The Labute approximate surface area is 240 Å². The van der Waals surface area contributed by atoms with Gasteiger partial charge in [0.25, 0.3) is 0 Å². The molecule has 0 unspecified atom stereocenters. The number of carbonyl (C=O) groups is 2. The average Bonchev–Trinajstić information content (AvgIpc) is 2.96. The topological polar surface area (TPSA) is 61.9 Å². The number of hydrogen-bond donors (Lipinski definition) is 1. The number of piperidine rings is 1. The van der Waals surface area contributed by atoms with Crippen molar-refractivity contribution < 1.29 is 14.3 Å². The van der Waals surface area contributed by atoms with Crippen molar-refractivity contribution in [1.29, 1.82) is 0 Å². The second-order valence-corrected chi connectivity index (χ2v) is 10.7. The third-order valence-corrected chi connectivity index (χ3v) is 7.78. The van der Waals surface area contributed by atoms with Crippen LogP contribution in [-0.4, -0.2) is 49.0 Å². The average molecular weight is 569 g/mol. The Morgan fingerprint density at radius 1 is 0.949 bits per heavy atom. The summed E-state index contributed by atoms with van der Waals surface area (Å²) >= 11 is 12.2. The molecule has 0 spiro atoms. The van der Waals surface area contributed by atoms with Gasteiger partial charge < -0.3 is 14.5 Å². The van der Waals surface area contributed by atoms with Gasteiger partial charge in [-0.25, -0.2) is 0 Å². The normalized spacial score (nSPS) is 14.7. The largest absolute Gasteiger partial charge is 0.375 e. The van der Waals surface area contributed by atoms with Crippen molar-refractivity contribution in [3.63, 3.8) is 0 Å². The van der Waals surface area contributed by atoms with Crippen LogP contribution in [0.5, 0.6) is 0 Å². The first-order valence-corrected chi connectivity index (χ1v) is 14.1. The summed E-state index contributed by atoms with van der Waals surface area (Å²) in [5.74, 6) is 0.397. The third-order valence-electron chi connectivity index (χ3n) is 7.05. The maximum atomic E-state index is 13.6. The molecule has 0 aromatic heterocycles. The number of carbonyl (C=O) groups excluding carboxylic acids is 2. The van der Waals surface area contributed by atoms with Crippen molar-refractivity contribution >= 4 is 40.7 Å². The van der Waals surface area contributed by atoms with E-state index in [1.54, 1.807) is 19.1 Å². The van der Waals surface area contributed by atoms with E-state index in [2.05, 4.69) is 5.32 Å². The molecule has 1 saturated heterocycles. The summed E-state index contributed by atoms with van der Waals surface area (Å²) in [6.45, 7) is 4.69. The van der Waals surface area contributed by atoms with Gasteiger partial charge in [-0.05, 0) is 54.2 Å². The Hall–Kier alpha value is -2.90. The van der Waals surface area contributed by atoms with Crippen LogP contribution in [0, 0.1) is 5.92 Å². The number of nitrogens with one attached hydrogen (secondary N) is 1. The summed E-state index contributed by atoms with van der Waals surface area (Å²) in [6.07, 6.45) is 1.69. The molecule has 6 nitrogen and oxygen atoms in total. The lowest BCUT2D eigenvalue weighted by atomic mass is 9.95. The minimum absolute atomic E-state index is 0.0315. The molecule has 2 amide bonds. The number of amides is 2. The van der Waals surface area contributed by atoms with Crippen LogP contribution in [0.4, 0.5) is 5.69 Å². The fourth-order valence-corrected chi connectivity index (χ4v) is 5.14.